The van der Waals surface area contributed by atoms with Gasteiger partial charge in [-0.2, -0.15) is 5.10 Å². The summed E-state index contributed by atoms with van der Waals surface area (Å²) in [5, 5.41) is 12.0. The second-order valence-electron chi connectivity index (χ2n) is 2.47. The molecule has 0 N–H and O–H groups in total. The van der Waals surface area contributed by atoms with E-state index in [1.54, 1.807) is 6.07 Å². The first-order valence-electron chi connectivity index (χ1n) is 3.63. The molecule has 0 aliphatic heterocycles. The van der Waals surface area contributed by atoms with Crippen molar-refractivity contribution in [1.82, 2.24) is 20.2 Å². The number of nitrogens with zero attached hydrogens (tertiary/aromatic N) is 4. The van der Waals surface area contributed by atoms with E-state index in [0.717, 1.165) is 10.4 Å². The fourth-order valence-corrected chi connectivity index (χ4v) is 1.21. The molecule has 0 atom stereocenters. The number of rotatable bonds is 1. The van der Waals surface area contributed by atoms with E-state index in [0.29, 0.717) is 10.8 Å². The van der Waals surface area contributed by atoms with Crippen LogP contribution in [0.15, 0.2) is 24.3 Å². The highest BCUT2D eigenvalue weighted by molar-refractivity contribution is 6.33. The third-order valence-electron chi connectivity index (χ3n) is 1.57. The molecular formula is C8H6ClN4-. The second-order valence-corrected chi connectivity index (χ2v) is 2.87. The molecule has 1 heterocycles. The minimum atomic E-state index is 0.487. The molecule has 1 aromatic heterocycles. The Hall–Kier alpha value is -1.55. The Morgan fingerprint density at radius 3 is 2.69 bits per heavy atom. The van der Waals surface area contributed by atoms with Gasteiger partial charge in [0.2, 0.25) is 5.82 Å². The van der Waals surface area contributed by atoms with Gasteiger partial charge in [-0.25, -0.2) is 0 Å². The molecular weight excluding hydrogens is 188 g/mol. The lowest BCUT2D eigenvalue weighted by Gasteiger charge is -1.96. The van der Waals surface area contributed by atoms with Gasteiger partial charge in [0.25, 0.3) is 0 Å². The van der Waals surface area contributed by atoms with E-state index in [-0.39, 0.29) is 0 Å². The van der Waals surface area contributed by atoms with Crippen LogP contribution in [0.25, 0.3) is 11.4 Å². The van der Waals surface area contributed by atoms with Crippen LogP contribution < -0.4 is 0 Å². The van der Waals surface area contributed by atoms with Crippen LogP contribution in [0, 0.1) is 7.05 Å². The summed E-state index contributed by atoms with van der Waals surface area (Å²) >= 11 is 5.93. The first-order valence-corrected chi connectivity index (χ1v) is 4.01. The SMILES string of the molecule is [CH2-]n1nnc(-c2ccccc2Cl)n1. The maximum atomic E-state index is 5.93. The minimum absolute atomic E-state index is 0.487. The maximum absolute atomic E-state index is 5.93. The summed E-state index contributed by atoms with van der Waals surface area (Å²) < 4.78 is 0. The monoisotopic (exact) mass is 193 g/mol. The summed E-state index contributed by atoms with van der Waals surface area (Å²) in [6, 6.07) is 7.32. The summed E-state index contributed by atoms with van der Waals surface area (Å²) in [6.45, 7) is 0. The van der Waals surface area contributed by atoms with Gasteiger partial charge >= 0.3 is 0 Å². The Morgan fingerprint density at radius 1 is 1.31 bits per heavy atom. The summed E-state index contributed by atoms with van der Waals surface area (Å²) in [7, 11) is 3.49. The van der Waals surface area contributed by atoms with Crippen molar-refractivity contribution in [2.45, 2.75) is 0 Å². The molecule has 0 aliphatic carbocycles. The van der Waals surface area contributed by atoms with E-state index in [4.69, 9.17) is 11.6 Å². The molecule has 13 heavy (non-hydrogen) atoms. The predicted molar refractivity (Wildman–Crippen MR) is 49.0 cm³/mol. The Kier molecular flexibility index (Phi) is 1.90. The van der Waals surface area contributed by atoms with Gasteiger partial charge in [0.15, 0.2) is 0 Å². The molecule has 5 heteroatoms. The molecule has 2 rings (SSSR count). The highest BCUT2D eigenvalue weighted by atomic mass is 35.5. The second kappa shape index (κ2) is 3.06. The van der Waals surface area contributed by atoms with Crippen molar-refractivity contribution >= 4 is 11.6 Å². The molecule has 2 aromatic rings. The standard InChI is InChI=1S/C8H6ClN4/c1-13-11-8(10-12-13)6-4-2-3-5-7(6)9/h2-5H,1H2/q-1. The zero-order chi connectivity index (χ0) is 9.26. The summed E-state index contributed by atoms with van der Waals surface area (Å²) in [5.74, 6) is 0.487. The molecule has 0 saturated carbocycles. The molecule has 66 valence electrons. The molecule has 0 fully saturated rings. The van der Waals surface area contributed by atoms with Crippen molar-refractivity contribution in [2.75, 3.05) is 0 Å². The third-order valence-corrected chi connectivity index (χ3v) is 1.90. The van der Waals surface area contributed by atoms with Crippen LogP contribution in [-0.2, 0) is 0 Å². The van der Waals surface area contributed by atoms with Gasteiger partial charge in [0.05, 0.1) is 5.02 Å². The van der Waals surface area contributed by atoms with Crippen molar-refractivity contribution in [1.29, 1.82) is 0 Å². The molecule has 1 aromatic carbocycles. The molecule has 0 saturated heterocycles. The van der Waals surface area contributed by atoms with E-state index in [1.807, 2.05) is 18.2 Å². The van der Waals surface area contributed by atoms with Gasteiger partial charge in [-0.15, -0.1) is 5.10 Å². The first-order chi connectivity index (χ1) is 6.27. The number of tetrazole rings is 1. The van der Waals surface area contributed by atoms with Gasteiger partial charge in [-0.05, 0) is 12.1 Å². The topological polar surface area (TPSA) is 43.6 Å². The Labute approximate surface area is 80.1 Å². The number of halogens is 1. The lowest BCUT2D eigenvalue weighted by Crippen LogP contribution is -1.89. The van der Waals surface area contributed by atoms with E-state index in [9.17, 15) is 0 Å². The quantitative estimate of drug-likeness (QED) is 0.647. The number of aromatic nitrogens is 4. The normalized spacial score (nSPS) is 10.2. The van der Waals surface area contributed by atoms with Crippen molar-refractivity contribution in [2.24, 2.45) is 0 Å². The van der Waals surface area contributed by atoms with Crippen molar-refractivity contribution in [3.05, 3.63) is 36.3 Å². The Balaban J connectivity index is 2.52. The van der Waals surface area contributed by atoms with E-state index < -0.39 is 0 Å². The maximum Gasteiger partial charge on any atom is 0.203 e. The van der Waals surface area contributed by atoms with Crippen molar-refractivity contribution in [3.63, 3.8) is 0 Å². The summed E-state index contributed by atoms with van der Waals surface area (Å²) in [4.78, 5) is 1.15. The van der Waals surface area contributed by atoms with Crippen LogP contribution in [0.3, 0.4) is 0 Å². The number of benzene rings is 1. The van der Waals surface area contributed by atoms with Crippen LogP contribution >= 0.6 is 11.6 Å². The smallest absolute Gasteiger partial charge is 0.203 e. The number of hydrogen-bond acceptors (Lipinski definition) is 3. The van der Waals surface area contributed by atoms with E-state index in [2.05, 4.69) is 22.5 Å². The van der Waals surface area contributed by atoms with Gasteiger partial charge in [-0.3, -0.25) is 7.05 Å². The Morgan fingerprint density at radius 2 is 2.08 bits per heavy atom. The zero-order valence-corrected chi connectivity index (χ0v) is 7.44. The van der Waals surface area contributed by atoms with Crippen LogP contribution in [0.5, 0.6) is 0 Å². The fraction of sp³-hybridized carbons (Fsp3) is 0. The molecule has 4 nitrogen and oxygen atoms in total. The summed E-state index contributed by atoms with van der Waals surface area (Å²) in [6.07, 6.45) is 0. The van der Waals surface area contributed by atoms with Crippen LogP contribution in [0.4, 0.5) is 0 Å². The lowest BCUT2D eigenvalue weighted by molar-refractivity contribution is 0.714. The molecule has 0 unspecified atom stereocenters. The number of hydrogen-bond donors (Lipinski definition) is 0. The third kappa shape index (κ3) is 1.48. The highest BCUT2D eigenvalue weighted by Crippen LogP contribution is 2.23. The highest BCUT2D eigenvalue weighted by Gasteiger charge is 2.05. The lowest BCUT2D eigenvalue weighted by atomic mass is 10.2. The molecule has 0 amide bonds. The molecule has 0 aliphatic rings. The van der Waals surface area contributed by atoms with Crippen LogP contribution in [0.1, 0.15) is 0 Å². The predicted octanol–water partition coefficient (Wildman–Crippen LogP) is 1.63. The fourth-order valence-electron chi connectivity index (χ4n) is 0.994. The van der Waals surface area contributed by atoms with Gasteiger partial charge in [-0.1, -0.05) is 28.9 Å². The zero-order valence-electron chi connectivity index (χ0n) is 6.68. The largest absolute Gasteiger partial charge is 0.301 e. The van der Waals surface area contributed by atoms with Crippen molar-refractivity contribution in [3.8, 4) is 11.4 Å². The van der Waals surface area contributed by atoms with E-state index in [1.165, 1.54) is 0 Å². The Bertz CT molecular complexity index is 424. The van der Waals surface area contributed by atoms with Crippen LogP contribution in [-0.4, -0.2) is 20.2 Å². The van der Waals surface area contributed by atoms with Gasteiger partial charge in [0, 0.05) is 5.56 Å². The van der Waals surface area contributed by atoms with E-state index >= 15 is 0 Å². The van der Waals surface area contributed by atoms with Gasteiger partial charge in [0.1, 0.15) is 0 Å². The molecule has 0 radical (unpaired) electrons. The van der Waals surface area contributed by atoms with Crippen LogP contribution in [0.2, 0.25) is 5.02 Å². The average Bonchev–Trinajstić information content (AvgIpc) is 2.53. The first kappa shape index (κ1) is 8.07. The average molecular weight is 194 g/mol. The molecule has 0 bridgehead atoms. The minimum Gasteiger partial charge on any atom is -0.301 e. The summed E-state index contributed by atoms with van der Waals surface area (Å²) in [5.41, 5.74) is 0.763. The van der Waals surface area contributed by atoms with Gasteiger partial charge < -0.3 is 4.80 Å². The molecule has 0 spiro atoms. The van der Waals surface area contributed by atoms with Crippen molar-refractivity contribution < 1.29 is 0 Å².